The maximum absolute atomic E-state index is 12.2. The summed E-state index contributed by atoms with van der Waals surface area (Å²) < 4.78 is 5.98. The number of aliphatic hydroxyl groups excluding tert-OH is 1. The van der Waals surface area contributed by atoms with E-state index in [0.717, 1.165) is 4.47 Å². The number of benzene rings is 1. The SMILES string of the molecule is CC(CC(=O)Nc1cc(Br)ccc1NCCO)NC(=O)OC(C)(C)C. The Labute approximate surface area is 156 Å². The molecule has 0 aliphatic rings. The molecule has 25 heavy (non-hydrogen) atoms. The number of amides is 2. The van der Waals surface area contributed by atoms with Crippen molar-refractivity contribution in [3.63, 3.8) is 0 Å². The number of rotatable bonds is 7. The molecule has 0 aliphatic heterocycles. The van der Waals surface area contributed by atoms with Gasteiger partial charge in [0.05, 0.1) is 18.0 Å². The first-order valence-electron chi connectivity index (χ1n) is 8.04. The van der Waals surface area contributed by atoms with Gasteiger partial charge >= 0.3 is 6.09 Å². The summed E-state index contributed by atoms with van der Waals surface area (Å²) in [5, 5.41) is 17.4. The van der Waals surface area contributed by atoms with Gasteiger partial charge in [-0.1, -0.05) is 15.9 Å². The van der Waals surface area contributed by atoms with Gasteiger partial charge in [0.15, 0.2) is 0 Å². The zero-order valence-electron chi connectivity index (χ0n) is 15.0. The topological polar surface area (TPSA) is 99.7 Å². The average molecular weight is 416 g/mol. The summed E-state index contributed by atoms with van der Waals surface area (Å²) in [5.74, 6) is -0.242. The molecular weight excluding hydrogens is 390 g/mol. The van der Waals surface area contributed by atoms with Crippen molar-refractivity contribution in [1.29, 1.82) is 0 Å². The van der Waals surface area contributed by atoms with Crippen LogP contribution in [-0.4, -0.2) is 41.9 Å². The Morgan fingerprint density at radius 2 is 1.96 bits per heavy atom. The standard InChI is InChI=1S/C17H26BrN3O4/c1-11(20-16(24)25-17(2,3)4)9-15(23)21-14-10-12(18)5-6-13(14)19-7-8-22/h5-6,10-11,19,22H,7-9H2,1-4H3,(H,20,24)(H,21,23). The van der Waals surface area contributed by atoms with Crippen LogP contribution in [0.5, 0.6) is 0 Å². The maximum Gasteiger partial charge on any atom is 0.407 e. The van der Waals surface area contributed by atoms with Gasteiger partial charge in [0.25, 0.3) is 0 Å². The molecule has 1 unspecified atom stereocenters. The zero-order valence-corrected chi connectivity index (χ0v) is 16.6. The fourth-order valence-electron chi connectivity index (χ4n) is 2.00. The summed E-state index contributed by atoms with van der Waals surface area (Å²) in [6, 6.07) is 5.03. The van der Waals surface area contributed by atoms with Crippen molar-refractivity contribution in [3.8, 4) is 0 Å². The van der Waals surface area contributed by atoms with Gasteiger partial charge < -0.3 is 25.8 Å². The van der Waals surface area contributed by atoms with Crippen molar-refractivity contribution in [3.05, 3.63) is 22.7 Å². The first-order chi connectivity index (χ1) is 11.6. The lowest BCUT2D eigenvalue weighted by Crippen LogP contribution is -2.39. The predicted octanol–water partition coefficient (Wildman–Crippen LogP) is 3.10. The zero-order chi connectivity index (χ0) is 19.0. The second-order valence-electron chi connectivity index (χ2n) is 6.64. The summed E-state index contributed by atoms with van der Waals surface area (Å²) in [6.07, 6.45) is -0.453. The van der Waals surface area contributed by atoms with Crippen LogP contribution < -0.4 is 16.0 Å². The van der Waals surface area contributed by atoms with Gasteiger partial charge in [-0.25, -0.2) is 4.79 Å². The van der Waals surface area contributed by atoms with E-state index in [0.29, 0.717) is 17.9 Å². The van der Waals surface area contributed by atoms with E-state index in [2.05, 4.69) is 31.9 Å². The third-order valence-electron chi connectivity index (χ3n) is 2.94. The minimum Gasteiger partial charge on any atom is -0.444 e. The number of carbonyl (C=O) groups is 2. The normalized spacial score (nSPS) is 12.2. The number of alkyl carbamates (subject to hydrolysis) is 1. The van der Waals surface area contributed by atoms with Crippen LogP contribution in [0.1, 0.15) is 34.1 Å². The Balaban J connectivity index is 2.61. The summed E-state index contributed by atoms with van der Waals surface area (Å²) in [7, 11) is 0. The lowest BCUT2D eigenvalue weighted by atomic mass is 10.2. The number of ether oxygens (including phenoxy) is 1. The predicted molar refractivity (Wildman–Crippen MR) is 102 cm³/mol. The molecule has 0 bridgehead atoms. The molecule has 4 N–H and O–H groups in total. The number of carbonyl (C=O) groups excluding carboxylic acids is 2. The number of hydrogen-bond acceptors (Lipinski definition) is 5. The molecule has 0 saturated heterocycles. The molecule has 0 radical (unpaired) electrons. The highest BCUT2D eigenvalue weighted by molar-refractivity contribution is 9.10. The van der Waals surface area contributed by atoms with Crippen LogP contribution >= 0.6 is 15.9 Å². The molecule has 1 rings (SSSR count). The van der Waals surface area contributed by atoms with E-state index in [4.69, 9.17) is 9.84 Å². The number of nitrogens with one attached hydrogen (secondary N) is 3. The molecule has 8 heteroatoms. The van der Waals surface area contributed by atoms with Crippen LogP contribution in [0.4, 0.5) is 16.2 Å². The van der Waals surface area contributed by atoms with E-state index >= 15 is 0 Å². The molecule has 1 atom stereocenters. The Morgan fingerprint density at radius 3 is 2.56 bits per heavy atom. The van der Waals surface area contributed by atoms with Crippen molar-refractivity contribution < 1.29 is 19.4 Å². The van der Waals surface area contributed by atoms with Gasteiger partial charge in [-0.3, -0.25) is 4.79 Å². The molecule has 0 aliphatic carbocycles. The minimum absolute atomic E-state index is 0.0136. The van der Waals surface area contributed by atoms with Gasteiger partial charge in [0.1, 0.15) is 5.60 Å². The quantitative estimate of drug-likeness (QED) is 0.548. The monoisotopic (exact) mass is 415 g/mol. The molecule has 0 heterocycles. The number of hydrogen-bond donors (Lipinski definition) is 4. The van der Waals surface area contributed by atoms with Gasteiger partial charge in [0.2, 0.25) is 5.91 Å². The Bertz CT molecular complexity index is 602. The second kappa shape index (κ2) is 9.62. The molecule has 2 amide bonds. The van der Waals surface area contributed by atoms with E-state index < -0.39 is 11.7 Å². The summed E-state index contributed by atoms with van der Waals surface area (Å²) >= 11 is 3.36. The highest BCUT2D eigenvalue weighted by Gasteiger charge is 2.19. The Morgan fingerprint density at radius 1 is 1.28 bits per heavy atom. The Kier molecular flexibility index (Phi) is 8.18. The third kappa shape index (κ3) is 8.74. The lowest BCUT2D eigenvalue weighted by molar-refractivity contribution is -0.116. The molecule has 140 valence electrons. The smallest absolute Gasteiger partial charge is 0.407 e. The van der Waals surface area contributed by atoms with Crippen LogP contribution in [0.15, 0.2) is 22.7 Å². The summed E-state index contributed by atoms with van der Waals surface area (Å²) in [4.78, 5) is 24.0. The van der Waals surface area contributed by atoms with E-state index in [1.54, 1.807) is 39.8 Å². The molecule has 0 aromatic heterocycles. The molecular formula is C17H26BrN3O4. The van der Waals surface area contributed by atoms with Crippen LogP contribution in [0.25, 0.3) is 0 Å². The van der Waals surface area contributed by atoms with Crippen LogP contribution in [0.3, 0.4) is 0 Å². The van der Waals surface area contributed by atoms with Crippen LogP contribution in [0, 0.1) is 0 Å². The fourth-order valence-corrected chi connectivity index (χ4v) is 2.36. The van der Waals surface area contributed by atoms with Gasteiger partial charge in [0, 0.05) is 23.5 Å². The van der Waals surface area contributed by atoms with Crippen LogP contribution in [0.2, 0.25) is 0 Å². The number of aliphatic hydroxyl groups is 1. The average Bonchev–Trinajstić information content (AvgIpc) is 2.43. The van der Waals surface area contributed by atoms with Crippen molar-refractivity contribution in [2.24, 2.45) is 0 Å². The van der Waals surface area contributed by atoms with Gasteiger partial charge in [-0.2, -0.15) is 0 Å². The maximum atomic E-state index is 12.2. The van der Waals surface area contributed by atoms with Crippen molar-refractivity contribution in [1.82, 2.24) is 5.32 Å². The van der Waals surface area contributed by atoms with E-state index in [-0.39, 0.29) is 25.0 Å². The minimum atomic E-state index is -0.588. The van der Waals surface area contributed by atoms with Crippen molar-refractivity contribution in [2.45, 2.75) is 45.8 Å². The third-order valence-corrected chi connectivity index (χ3v) is 3.43. The molecule has 0 saturated carbocycles. The number of anilines is 2. The van der Waals surface area contributed by atoms with Crippen molar-refractivity contribution in [2.75, 3.05) is 23.8 Å². The molecule has 7 nitrogen and oxygen atoms in total. The molecule has 0 spiro atoms. The molecule has 1 aromatic rings. The molecule has 0 fully saturated rings. The highest BCUT2D eigenvalue weighted by atomic mass is 79.9. The van der Waals surface area contributed by atoms with Crippen LogP contribution in [-0.2, 0) is 9.53 Å². The first kappa shape index (κ1) is 21.2. The van der Waals surface area contributed by atoms with E-state index in [1.807, 2.05) is 6.07 Å². The summed E-state index contributed by atoms with van der Waals surface area (Å²) in [5.41, 5.74) is 0.714. The van der Waals surface area contributed by atoms with Crippen molar-refractivity contribution >= 4 is 39.3 Å². The number of halogens is 1. The molecule has 1 aromatic carbocycles. The van der Waals surface area contributed by atoms with E-state index in [1.165, 1.54) is 0 Å². The highest BCUT2D eigenvalue weighted by Crippen LogP contribution is 2.26. The Hall–Kier alpha value is -1.80. The fraction of sp³-hybridized carbons (Fsp3) is 0.529. The second-order valence-corrected chi connectivity index (χ2v) is 7.56. The van der Waals surface area contributed by atoms with E-state index in [9.17, 15) is 9.59 Å². The van der Waals surface area contributed by atoms with Gasteiger partial charge in [-0.05, 0) is 45.9 Å². The lowest BCUT2D eigenvalue weighted by Gasteiger charge is -2.22. The largest absolute Gasteiger partial charge is 0.444 e. The summed E-state index contributed by atoms with van der Waals surface area (Å²) in [6.45, 7) is 7.42. The first-order valence-corrected chi connectivity index (χ1v) is 8.83. The van der Waals surface area contributed by atoms with Gasteiger partial charge in [-0.15, -0.1) is 0 Å².